The molecule has 0 unspecified atom stereocenters. The molecule has 1 rings (SSSR count). The first kappa shape index (κ1) is 16.9. The molecule has 1 aromatic heterocycles. The maximum absolute atomic E-state index is 11.3. The van der Waals surface area contributed by atoms with Crippen molar-refractivity contribution >= 4 is 5.91 Å². The van der Waals surface area contributed by atoms with Crippen molar-refractivity contribution in [1.29, 1.82) is 0 Å². The number of hydrogen-bond acceptors (Lipinski definition) is 4. The maximum Gasteiger partial charge on any atom is 0.226 e. The van der Waals surface area contributed by atoms with Crippen LogP contribution in [0.1, 0.15) is 26.5 Å². The summed E-state index contributed by atoms with van der Waals surface area (Å²) in [6.45, 7) is 5.01. The molecule has 0 bridgehead atoms. The highest BCUT2D eigenvalue weighted by molar-refractivity contribution is 5.81. The number of allylic oxidation sites excluding steroid dienone is 5. The zero-order valence-corrected chi connectivity index (χ0v) is 12.6. The zero-order valence-electron chi connectivity index (χ0n) is 12.6. The van der Waals surface area contributed by atoms with Gasteiger partial charge in [-0.2, -0.15) is 0 Å². The van der Waals surface area contributed by atoms with E-state index in [0.717, 1.165) is 5.76 Å². The molecule has 0 fully saturated rings. The fraction of sp³-hybridized carbons (Fsp3) is 0.375. The number of aliphatic hydroxyl groups is 1. The average Bonchev–Trinajstić information content (AvgIpc) is 2.94. The Hall–Kier alpha value is -2.14. The number of amides is 1. The highest BCUT2D eigenvalue weighted by atomic mass is 16.3. The summed E-state index contributed by atoms with van der Waals surface area (Å²) in [5.41, 5.74) is 4.97. The van der Waals surface area contributed by atoms with Gasteiger partial charge in [-0.25, -0.2) is 4.98 Å². The largest absolute Gasteiger partial charge is 0.448 e. The van der Waals surface area contributed by atoms with E-state index in [9.17, 15) is 9.90 Å². The molecule has 0 saturated heterocycles. The summed E-state index contributed by atoms with van der Waals surface area (Å²) in [6.07, 6.45) is 12.0. The van der Waals surface area contributed by atoms with Crippen LogP contribution in [0.5, 0.6) is 0 Å². The van der Waals surface area contributed by atoms with Crippen LogP contribution < -0.4 is 5.73 Å². The summed E-state index contributed by atoms with van der Waals surface area (Å²) in [5, 5.41) is 10.1. The molecule has 1 atom stereocenters. The number of carbonyl (C=O) groups excluding carboxylic acids is 1. The van der Waals surface area contributed by atoms with Gasteiger partial charge in [-0.05, 0) is 26.3 Å². The van der Waals surface area contributed by atoms with Crippen LogP contribution in [0.2, 0.25) is 0 Å². The van der Waals surface area contributed by atoms with E-state index in [1.54, 1.807) is 39.1 Å². The Bertz CT molecular complexity index is 540. The number of hydrogen-bond donors (Lipinski definition) is 2. The minimum absolute atomic E-state index is 0.529. The van der Waals surface area contributed by atoms with Gasteiger partial charge in [-0.15, -0.1) is 0 Å². The van der Waals surface area contributed by atoms with Crippen LogP contribution >= 0.6 is 0 Å². The third kappa shape index (κ3) is 5.04. The lowest BCUT2D eigenvalue weighted by atomic mass is 9.82. The average molecular weight is 290 g/mol. The van der Waals surface area contributed by atoms with Gasteiger partial charge in [-0.3, -0.25) is 4.79 Å². The van der Waals surface area contributed by atoms with Gasteiger partial charge >= 0.3 is 0 Å². The van der Waals surface area contributed by atoms with Crippen LogP contribution in [0.25, 0.3) is 0 Å². The number of oxazole rings is 1. The van der Waals surface area contributed by atoms with Crippen LogP contribution in [-0.2, 0) is 11.2 Å². The summed E-state index contributed by atoms with van der Waals surface area (Å²) >= 11 is 0. The third-order valence-corrected chi connectivity index (χ3v) is 3.27. The molecule has 0 aliphatic heterocycles. The number of nitrogens with zero attached hydrogens (tertiary/aromatic N) is 1. The zero-order chi connectivity index (χ0) is 15.9. The fourth-order valence-corrected chi connectivity index (χ4v) is 1.67. The number of carbonyl (C=O) groups is 1. The van der Waals surface area contributed by atoms with Crippen LogP contribution in [0.4, 0.5) is 0 Å². The second-order valence-corrected chi connectivity index (χ2v) is 5.38. The van der Waals surface area contributed by atoms with E-state index >= 15 is 0 Å². The van der Waals surface area contributed by atoms with Crippen LogP contribution in [0.3, 0.4) is 0 Å². The number of nitrogens with two attached hydrogens (primary N) is 1. The quantitative estimate of drug-likeness (QED) is 0.753. The van der Waals surface area contributed by atoms with E-state index in [1.807, 2.05) is 18.2 Å². The normalized spacial score (nSPS) is 15.0. The topological polar surface area (TPSA) is 89.3 Å². The molecule has 0 aromatic carbocycles. The molecule has 5 heteroatoms. The van der Waals surface area contributed by atoms with Crippen LogP contribution in [-0.4, -0.2) is 22.1 Å². The minimum atomic E-state index is -0.990. The highest BCUT2D eigenvalue weighted by Crippen LogP contribution is 2.25. The van der Waals surface area contributed by atoms with Gasteiger partial charge < -0.3 is 15.3 Å². The van der Waals surface area contributed by atoms with E-state index in [-0.39, 0.29) is 0 Å². The first-order valence-corrected chi connectivity index (χ1v) is 6.71. The number of aliphatic hydroxyl groups excluding tert-OH is 1. The lowest BCUT2D eigenvalue weighted by Crippen LogP contribution is -2.42. The van der Waals surface area contributed by atoms with Crippen molar-refractivity contribution in [2.45, 2.75) is 33.3 Å². The van der Waals surface area contributed by atoms with E-state index in [4.69, 9.17) is 10.2 Å². The lowest BCUT2D eigenvalue weighted by Gasteiger charge is -2.27. The molecule has 0 aliphatic carbocycles. The molecule has 1 heterocycles. The van der Waals surface area contributed by atoms with Crippen LogP contribution in [0, 0.1) is 5.41 Å². The Morgan fingerprint density at radius 1 is 1.48 bits per heavy atom. The van der Waals surface area contributed by atoms with Crippen molar-refractivity contribution in [1.82, 2.24) is 4.98 Å². The van der Waals surface area contributed by atoms with Gasteiger partial charge in [0.1, 0.15) is 5.76 Å². The number of rotatable bonds is 7. The van der Waals surface area contributed by atoms with Gasteiger partial charge in [0.25, 0.3) is 0 Å². The lowest BCUT2D eigenvalue weighted by molar-refractivity contribution is -0.130. The molecule has 1 amide bonds. The molecule has 0 aliphatic rings. The highest BCUT2D eigenvalue weighted by Gasteiger charge is 2.34. The molecule has 21 heavy (non-hydrogen) atoms. The van der Waals surface area contributed by atoms with Crippen LogP contribution in [0.15, 0.2) is 53.0 Å². The predicted molar refractivity (Wildman–Crippen MR) is 81.2 cm³/mol. The first-order chi connectivity index (χ1) is 9.85. The second kappa shape index (κ2) is 7.59. The van der Waals surface area contributed by atoms with Gasteiger partial charge in [0.05, 0.1) is 17.7 Å². The van der Waals surface area contributed by atoms with E-state index in [0.29, 0.717) is 12.0 Å². The van der Waals surface area contributed by atoms with Gasteiger partial charge in [0.15, 0.2) is 6.39 Å². The van der Waals surface area contributed by atoms with Crippen molar-refractivity contribution < 1.29 is 14.3 Å². The van der Waals surface area contributed by atoms with Crippen molar-refractivity contribution in [2.75, 3.05) is 0 Å². The van der Waals surface area contributed by atoms with Crippen molar-refractivity contribution in [2.24, 2.45) is 11.1 Å². The molecular formula is C16H22N2O3. The first-order valence-electron chi connectivity index (χ1n) is 6.71. The van der Waals surface area contributed by atoms with E-state index < -0.39 is 17.4 Å². The molecule has 0 spiro atoms. The number of aromatic nitrogens is 1. The Labute approximate surface area is 124 Å². The molecule has 5 nitrogen and oxygen atoms in total. The van der Waals surface area contributed by atoms with Crippen molar-refractivity contribution in [3.05, 3.63) is 54.3 Å². The van der Waals surface area contributed by atoms with E-state index in [1.165, 1.54) is 6.39 Å². The summed E-state index contributed by atoms with van der Waals surface area (Å²) in [5.74, 6) is 0.267. The Morgan fingerprint density at radius 3 is 2.76 bits per heavy atom. The summed E-state index contributed by atoms with van der Waals surface area (Å²) in [7, 11) is 0. The van der Waals surface area contributed by atoms with E-state index in [2.05, 4.69) is 4.98 Å². The third-order valence-electron chi connectivity index (χ3n) is 3.27. The van der Waals surface area contributed by atoms with Crippen molar-refractivity contribution in [3.63, 3.8) is 0 Å². The molecular weight excluding hydrogens is 268 g/mol. The second-order valence-electron chi connectivity index (χ2n) is 5.38. The van der Waals surface area contributed by atoms with Crippen molar-refractivity contribution in [3.8, 4) is 0 Å². The summed E-state index contributed by atoms with van der Waals surface area (Å²) in [4.78, 5) is 15.1. The fourth-order valence-electron chi connectivity index (χ4n) is 1.67. The van der Waals surface area contributed by atoms with Gasteiger partial charge in [0.2, 0.25) is 5.91 Å². The monoisotopic (exact) mass is 290 g/mol. The Morgan fingerprint density at radius 2 is 2.19 bits per heavy atom. The smallest absolute Gasteiger partial charge is 0.226 e. The summed E-state index contributed by atoms with van der Waals surface area (Å²) < 4.78 is 5.09. The minimum Gasteiger partial charge on any atom is -0.448 e. The Balaban J connectivity index is 2.53. The number of primary amides is 1. The maximum atomic E-state index is 11.3. The van der Waals surface area contributed by atoms with Gasteiger partial charge in [-0.1, -0.05) is 30.4 Å². The molecule has 114 valence electrons. The molecule has 1 aromatic rings. The SMILES string of the molecule is C/C(=C/C=C\C=C\Cc1cnco1)[C@@H](O)C(C)(C)C(N)=O. The molecule has 0 radical (unpaired) electrons. The summed E-state index contributed by atoms with van der Waals surface area (Å²) in [6, 6.07) is 0. The molecule has 0 saturated carbocycles. The van der Waals surface area contributed by atoms with Gasteiger partial charge in [0, 0.05) is 6.42 Å². The standard InChI is InChI=1S/C16H22N2O3/c1-12(14(19)16(2,3)15(17)20)8-6-4-5-7-9-13-10-18-11-21-13/h4-8,10-11,14,19H,9H2,1-3H3,(H2,17,20)/b6-4-,7-5+,12-8-/t14-/m1/s1. The Kier molecular flexibility index (Phi) is 6.11. The predicted octanol–water partition coefficient (Wildman–Crippen LogP) is 2.15. The molecule has 3 N–H and O–H groups in total.